The van der Waals surface area contributed by atoms with Crippen molar-refractivity contribution in [3.8, 4) is 0 Å². The van der Waals surface area contributed by atoms with E-state index in [-0.39, 0.29) is 5.54 Å². The first-order valence-corrected chi connectivity index (χ1v) is 5.45. The molecule has 0 spiro atoms. The van der Waals surface area contributed by atoms with Crippen molar-refractivity contribution in [1.29, 1.82) is 0 Å². The van der Waals surface area contributed by atoms with Gasteiger partial charge < -0.3 is 15.2 Å². The number of rotatable bonds is 2. The second kappa shape index (κ2) is 4.57. The van der Waals surface area contributed by atoms with Gasteiger partial charge in [-0.15, -0.1) is 0 Å². The maximum atomic E-state index is 6.33. The third-order valence-corrected chi connectivity index (χ3v) is 3.13. The lowest BCUT2D eigenvalue weighted by atomic mass is 9.90. The van der Waals surface area contributed by atoms with Crippen LogP contribution in [0, 0.1) is 0 Å². The van der Waals surface area contributed by atoms with Crippen LogP contribution in [0.2, 0.25) is 0 Å². The van der Waals surface area contributed by atoms with Crippen molar-refractivity contribution in [3.63, 3.8) is 0 Å². The van der Waals surface area contributed by atoms with Crippen LogP contribution in [0.1, 0.15) is 12.8 Å². The Labute approximate surface area is 85.3 Å². The average molecular weight is 200 g/mol. The summed E-state index contributed by atoms with van der Waals surface area (Å²) >= 11 is 0. The van der Waals surface area contributed by atoms with Gasteiger partial charge in [-0.2, -0.15) is 0 Å². The van der Waals surface area contributed by atoms with Crippen LogP contribution >= 0.6 is 0 Å². The van der Waals surface area contributed by atoms with Crippen LogP contribution in [0.15, 0.2) is 0 Å². The fourth-order valence-corrected chi connectivity index (χ4v) is 2.14. The van der Waals surface area contributed by atoms with E-state index in [2.05, 4.69) is 4.90 Å². The summed E-state index contributed by atoms with van der Waals surface area (Å²) in [7, 11) is 0. The molecule has 2 rings (SSSR count). The molecule has 2 saturated heterocycles. The fourth-order valence-electron chi connectivity index (χ4n) is 2.14. The zero-order valence-electron chi connectivity index (χ0n) is 8.71. The maximum Gasteiger partial charge on any atom is 0.0594 e. The summed E-state index contributed by atoms with van der Waals surface area (Å²) in [6.07, 6.45) is 1.98. The Morgan fingerprint density at radius 3 is 2.21 bits per heavy atom. The highest BCUT2D eigenvalue weighted by Crippen LogP contribution is 2.19. The third kappa shape index (κ3) is 2.67. The van der Waals surface area contributed by atoms with Gasteiger partial charge >= 0.3 is 0 Å². The van der Waals surface area contributed by atoms with E-state index in [1.807, 2.05) is 0 Å². The zero-order chi connectivity index (χ0) is 9.86. The summed E-state index contributed by atoms with van der Waals surface area (Å²) < 4.78 is 10.6. The molecule has 0 unspecified atom stereocenters. The Balaban J connectivity index is 1.81. The van der Waals surface area contributed by atoms with Gasteiger partial charge in [-0.3, -0.25) is 4.90 Å². The van der Waals surface area contributed by atoms with Gasteiger partial charge in [0, 0.05) is 38.4 Å². The van der Waals surface area contributed by atoms with Crippen molar-refractivity contribution in [1.82, 2.24) is 4.90 Å². The highest BCUT2D eigenvalue weighted by molar-refractivity contribution is 4.89. The van der Waals surface area contributed by atoms with Crippen LogP contribution < -0.4 is 5.73 Å². The fraction of sp³-hybridized carbons (Fsp3) is 1.00. The van der Waals surface area contributed by atoms with Gasteiger partial charge in [-0.1, -0.05) is 0 Å². The van der Waals surface area contributed by atoms with Gasteiger partial charge in [-0.25, -0.2) is 0 Å². The Kier molecular flexibility index (Phi) is 3.38. The van der Waals surface area contributed by atoms with Crippen molar-refractivity contribution in [2.24, 2.45) is 5.73 Å². The topological polar surface area (TPSA) is 47.7 Å². The van der Waals surface area contributed by atoms with Crippen LogP contribution in [0.5, 0.6) is 0 Å². The first-order valence-electron chi connectivity index (χ1n) is 5.45. The van der Waals surface area contributed by atoms with Crippen molar-refractivity contribution in [3.05, 3.63) is 0 Å². The predicted octanol–water partition coefficient (Wildman–Crippen LogP) is -0.173. The normalized spacial score (nSPS) is 28.9. The lowest BCUT2D eigenvalue weighted by Crippen LogP contribution is -2.55. The first kappa shape index (κ1) is 10.4. The van der Waals surface area contributed by atoms with Gasteiger partial charge in [0.25, 0.3) is 0 Å². The molecule has 2 aliphatic rings. The molecule has 2 fully saturated rings. The average Bonchev–Trinajstić information content (AvgIpc) is 2.19. The second-order valence-electron chi connectivity index (χ2n) is 4.36. The van der Waals surface area contributed by atoms with Gasteiger partial charge in [0.15, 0.2) is 0 Å². The van der Waals surface area contributed by atoms with Crippen molar-refractivity contribution < 1.29 is 9.47 Å². The molecule has 0 saturated carbocycles. The monoisotopic (exact) mass is 200 g/mol. The lowest BCUT2D eigenvalue weighted by Gasteiger charge is -2.39. The molecule has 14 heavy (non-hydrogen) atoms. The van der Waals surface area contributed by atoms with E-state index < -0.39 is 0 Å². The van der Waals surface area contributed by atoms with E-state index >= 15 is 0 Å². The largest absolute Gasteiger partial charge is 0.381 e. The highest BCUT2D eigenvalue weighted by Gasteiger charge is 2.30. The van der Waals surface area contributed by atoms with Crippen molar-refractivity contribution in [2.75, 3.05) is 46.1 Å². The molecule has 4 nitrogen and oxygen atoms in total. The molecular weight excluding hydrogens is 180 g/mol. The molecule has 0 radical (unpaired) electrons. The van der Waals surface area contributed by atoms with E-state index in [9.17, 15) is 0 Å². The minimum Gasteiger partial charge on any atom is -0.381 e. The van der Waals surface area contributed by atoms with E-state index in [0.29, 0.717) is 0 Å². The Morgan fingerprint density at radius 1 is 1.00 bits per heavy atom. The number of hydrogen-bond donors (Lipinski definition) is 1. The molecular formula is C10H20N2O2. The molecule has 0 amide bonds. The Hall–Kier alpha value is -0.160. The highest BCUT2D eigenvalue weighted by atomic mass is 16.5. The number of nitrogens with two attached hydrogens (primary N) is 1. The van der Waals surface area contributed by atoms with Gasteiger partial charge in [0.05, 0.1) is 13.2 Å². The van der Waals surface area contributed by atoms with Crippen LogP contribution in [-0.2, 0) is 9.47 Å². The summed E-state index contributed by atoms with van der Waals surface area (Å²) in [6, 6.07) is 0. The molecule has 0 aromatic heterocycles. The number of hydrogen-bond acceptors (Lipinski definition) is 4. The van der Waals surface area contributed by atoms with Crippen LogP contribution in [-0.4, -0.2) is 56.5 Å². The van der Waals surface area contributed by atoms with Crippen molar-refractivity contribution in [2.45, 2.75) is 18.4 Å². The second-order valence-corrected chi connectivity index (χ2v) is 4.36. The molecule has 2 N–H and O–H groups in total. The third-order valence-electron chi connectivity index (χ3n) is 3.13. The molecule has 0 bridgehead atoms. The van der Waals surface area contributed by atoms with E-state index in [1.54, 1.807) is 0 Å². The van der Waals surface area contributed by atoms with Gasteiger partial charge in [0.2, 0.25) is 0 Å². The lowest BCUT2D eigenvalue weighted by molar-refractivity contribution is 0.00163. The minimum atomic E-state index is -0.0183. The first-order chi connectivity index (χ1) is 6.79. The molecule has 82 valence electrons. The molecule has 0 aliphatic carbocycles. The van der Waals surface area contributed by atoms with E-state index in [0.717, 1.165) is 58.9 Å². The summed E-state index contributed by atoms with van der Waals surface area (Å²) in [5, 5.41) is 0. The molecule has 0 atom stereocenters. The molecule has 2 heterocycles. The summed E-state index contributed by atoms with van der Waals surface area (Å²) in [4.78, 5) is 2.41. The summed E-state index contributed by atoms with van der Waals surface area (Å²) in [5.41, 5.74) is 6.31. The number of morpholine rings is 1. The van der Waals surface area contributed by atoms with Crippen LogP contribution in [0.4, 0.5) is 0 Å². The zero-order valence-corrected chi connectivity index (χ0v) is 8.71. The smallest absolute Gasteiger partial charge is 0.0594 e. The molecule has 4 heteroatoms. The SMILES string of the molecule is NC1(CN2CCOCC2)CCOCC1. The molecule has 0 aromatic carbocycles. The van der Waals surface area contributed by atoms with Crippen LogP contribution in [0.3, 0.4) is 0 Å². The number of nitrogens with zero attached hydrogens (tertiary/aromatic N) is 1. The van der Waals surface area contributed by atoms with Crippen LogP contribution in [0.25, 0.3) is 0 Å². The standard InChI is InChI=1S/C10H20N2O2/c11-10(1-5-13-6-2-10)9-12-3-7-14-8-4-12/h1-9,11H2. The van der Waals surface area contributed by atoms with Gasteiger partial charge in [0.1, 0.15) is 0 Å². The Bertz CT molecular complexity index is 175. The van der Waals surface area contributed by atoms with Gasteiger partial charge in [-0.05, 0) is 12.8 Å². The van der Waals surface area contributed by atoms with E-state index in [1.165, 1.54) is 0 Å². The Morgan fingerprint density at radius 2 is 1.57 bits per heavy atom. The molecule has 2 aliphatic heterocycles. The minimum absolute atomic E-state index is 0.0183. The maximum absolute atomic E-state index is 6.33. The number of ether oxygens (including phenoxy) is 2. The van der Waals surface area contributed by atoms with E-state index in [4.69, 9.17) is 15.2 Å². The summed E-state index contributed by atoms with van der Waals surface area (Å²) in [6.45, 7) is 6.40. The predicted molar refractivity (Wildman–Crippen MR) is 54.2 cm³/mol. The quantitative estimate of drug-likeness (QED) is 0.672. The molecule has 0 aromatic rings. The van der Waals surface area contributed by atoms with Crippen molar-refractivity contribution >= 4 is 0 Å². The summed E-state index contributed by atoms with van der Waals surface area (Å²) in [5.74, 6) is 0.